The van der Waals surface area contributed by atoms with Gasteiger partial charge in [0.05, 0.1) is 38.2 Å². The average Bonchev–Trinajstić information content (AvgIpc) is 3.25. The predicted molar refractivity (Wildman–Crippen MR) is 111 cm³/mol. The van der Waals surface area contributed by atoms with Crippen LogP contribution in [0.2, 0.25) is 0 Å². The molecule has 1 N–H and O–H groups in total. The van der Waals surface area contributed by atoms with Gasteiger partial charge in [0.1, 0.15) is 5.76 Å². The summed E-state index contributed by atoms with van der Waals surface area (Å²) in [4.78, 5) is 28.2. The first-order valence-electron chi connectivity index (χ1n) is 9.12. The second-order valence-electron chi connectivity index (χ2n) is 6.55. The summed E-state index contributed by atoms with van der Waals surface area (Å²) >= 11 is 5.53. The van der Waals surface area contributed by atoms with Crippen molar-refractivity contribution in [1.29, 1.82) is 0 Å². The molecule has 0 aliphatic carbocycles. The number of nitrogens with zero attached hydrogens (tertiary/aromatic N) is 2. The van der Waals surface area contributed by atoms with E-state index in [0.29, 0.717) is 10.8 Å². The van der Waals surface area contributed by atoms with Crippen molar-refractivity contribution in [2.45, 2.75) is 6.54 Å². The molecule has 0 bridgehead atoms. The van der Waals surface area contributed by atoms with Crippen molar-refractivity contribution in [3.05, 3.63) is 53.5 Å². The highest BCUT2D eigenvalue weighted by atomic mass is 32.1. The highest BCUT2D eigenvalue weighted by Crippen LogP contribution is 2.18. The first kappa shape index (κ1) is 20.8. The number of thiocarbonyl (C=S) groups is 1. The number of benzene rings is 1. The SMILES string of the molecule is COC(=O)c1cc(NC(=S)N2CCN(Cc3ccco3)CC2)cc(C(=O)OC)c1. The van der Waals surface area contributed by atoms with Crippen molar-refractivity contribution in [2.24, 2.45) is 0 Å². The predicted octanol–water partition coefficient (Wildman–Crippen LogP) is 2.37. The molecule has 2 heterocycles. The normalized spacial score (nSPS) is 14.3. The Kier molecular flexibility index (Phi) is 6.84. The number of anilines is 1. The van der Waals surface area contributed by atoms with Gasteiger partial charge in [0.25, 0.3) is 0 Å². The molecule has 1 fully saturated rings. The van der Waals surface area contributed by atoms with Gasteiger partial charge in [0.15, 0.2) is 5.11 Å². The summed E-state index contributed by atoms with van der Waals surface area (Å²) in [6, 6.07) is 8.47. The minimum Gasteiger partial charge on any atom is -0.468 e. The maximum Gasteiger partial charge on any atom is 0.337 e. The first-order valence-corrected chi connectivity index (χ1v) is 9.53. The monoisotopic (exact) mass is 417 g/mol. The van der Waals surface area contributed by atoms with E-state index in [9.17, 15) is 9.59 Å². The lowest BCUT2D eigenvalue weighted by Gasteiger charge is -2.35. The maximum atomic E-state index is 11.9. The van der Waals surface area contributed by atoms with Gasteiger partial charge in [-0.3, -0.25) is 4.90 Å². The number of ether oxygens (including phenoxy) is 2. The summed E-state index contributed by atoms with van der Waals surface area (Å²) in [6.07, 6.45) is 1.68. The highest BCUT2D eigenvalue weighted by Gasteiger charge is 2.21. The van der Waals surface area contributed by atoms with Crippen LogP contribution in [0.1, 0.15) is 26.5 Å². The van der Waals surface area contributed by atoms with E-state index in [-0.39, 0.29) is 11.1 Å². The molecule has 0 unspecified atom stereocenters. The van der Waals surface area contributed by atoms with Crippen molar-refractivity contribution >= 4 is 35.0 Å². The lowest BCUT2D eigenvalue weighted by molar-refractivity contribution is 0.0599. The zero-order chi connectivity index (χ0) is 20.8. The van der Waals surface area contributed by atoms with Crippen LogP contribution in [0.4, 0.5) is 5.69 Å². The lowest BCUT2D eigenvalue weighted by Crippen LogP contribution is -2.49. The number of furan rings is 1. The number of nitrogens with one attached hydrogen (secondary N) is 1. The van der Waals surface area contributed by atoms with Crippen LogP contribution in [0.25, 0.3) is 0 Å². The third kappa shape index (κ3) is 5.33. The van der Waals surface area contributed by atoms with Crippen molar-refractivity contribution in [1.82, 2.24) is 9.80 Å². The molecule has 1 saturated heterocycles. The van der Waals surface area contributed by atoms with Gasteiger partial charge in [-0.15, -0.1) is 0 Å². The minimum atomic E-state index is -0.545. The third-order valence-electron chi connectivity index (χ3n) is 4.65. The topological polar surface area (TPSA) is 84.3 Å². The van der Waals surface area contributed by atoms with Gasteiger partial charge in [-0.1, -0.05) is 0 Å². The van der Waals surface area contributed by atoms with Gasteiger partial charge in [0.2, 0.25) is 0 Å². The summed E-state index contributed by atoms with van der Waals surface area (Å²) in [5, 5.41) is 3.64. The minimum absolute atomic E-state index is 0.240. The van der Waals surface area contributed by atoms with Crippen LogP contribution in [0, 0.1) is 0 Å². The molecular formula is C20H23N3O5S. The Bertz CT molecular complexity index is 842. The molecule has 1 aromatic heterocycles. The zero-order valence-corrected chi connectivity index (χ0v) is 17.2. The van der Waals surface area contributed by atoms with E-state index in [2.05, 4.69) is 15.1 Å². The van der Waals surface area contributed by atoms with E-state index in [0.717, 1.165) is 38.5 Å². The summed E-state index contributed by atoms with van der Waals surface area (Å²) < 4.78 is 14.9. The van der Waals surface area contributed by atoms with Crippen molar-refractivity contribution < 1.29 is 23.5 Å². The van der Waals surface area contributed by atoms with E-state index >= 15 is 0 Å². The number of carbonyl (C=O) groups excluding carboxylic acids is 2. The summed E-state index contributed by atoms with van der Waals surface area (Å²) in [5.74, 6) is -0.151. The molecule has 1 aliphatic rings. The van der Waals surface area contributed by atoms with Gasteiger partial charge in [-0.2, -0.15) is 0 Å². The molecular weight excluding hydrogens is 394 g/mol. The lowest BCUT2D eigenvalue weighted by atomic mass is 10.1. The first-order chi connectivity index (χ1) is 14.0. The van der Waals surface area contributed by atoms with Crippen molar-refractivity contribution in [3.63, 3.8) is 0 Å². The molecule has 2 aromatic rings. The Morgan fingerprint density at radius 2 is 1.69 bits per heavy atom. The molecule has 3 rings (SSSR count). The molecule has 1 aromatic carbocycles. The molecule has 8 nitrogen and oxygen atoms in total. The number of hydrogen-bond donors (Lipinski definition) is 1. The van der Waals surface area contributed by atoms with E-state index in [4.69, 9.17) is 26.1 Å². The van der Waals surface area contributed by atoms with Gasteiger partial charge in [0, 0.05) is 31.9 Å². The second kappa shape index (κ2) is 9.53. The smallest absolute Gasteiger partial charge is 0.337 e. The van der Waals surface area contributed by atoms with Crippen LogP contribution in [-0.2, 0) is 16.0 Å². The summed E-state index contributed by atoms with van der Waals surface area (Å²) in [6.45, 7) is 3.97. The highest BCUT2D eigenvalue weighted by molar-refractivity contribution is 7.80. The number of methoxy groups -OCH3 is 2. The van der Waals surface area contributed by atoms with Gasteiger partial charge in [-0.25, -0.2) is 9.59 Å². The van der Waals surface area contributed by atoms with E-state index in [1.54, 1.807) is 18.4 Å². The standard InChI is InChI=1S/C20H23N3O5S/c1-26-18(24)14-10-15(19(25)27-2)12-16(11-14)21-20(29)23-7-5-22(6-8-23)13-17-4-3-9-28-17/h3-4,9-12H,5-8,13H2,1-2H3,(H,21,29). The fourth-order valence-electron chi connectivity index (χ4n) is 3.11. The van der Waals surface area contributed by atoms with Crippen LogP contribution in [0.3, 0.4) is 0 Å². The molecule has 0 amide bonds. The molecule has 154 valence electrons. The van der Waals surface area contributed by atoms with Gasteiger partial charge >= 0.3 is 11.9 Å². The van der Waals surface area contributed by atoms with E-state index in [1.165, 1.54) is 20.3 Å². The molecule has 1 aliphatic heterocycles. The van der Waals surface area contributed by atoms with E-state index in [1.807, 2.05) is 12.1 Å². The number of hydrogen-bond acceptors (Lipinski definition) is 7. The third-order valence-corrected chi connectivity index (χ3v) is 5.01. The number of esters is 2. The number of piperazine rings is 1. The van der Waals surface area contributed by atoms with Crippen molar-refractivity contribution in [2.75, 3.05) is 45.7 Å². The average molecular weight is 417 g/mol. The Hall–Kier alpha value is -2.91. The van der Waals surface area contributed by atoms with Crippen LogP contribution in [-0.4, -0.2) is 67.2 Å². The summed E-state index contributed by atoms with van der Waals surface area (Å²) in [5.41, 5.74) is 1.00. The van der Waals surface area contributed by atoms with Crippen LogP contribution < -0.4 is 5.32 Å². The fraction of sp³-hybridized carbons (Fsp3) is 0.350. The second-order valence-corrected chi connectivity index (χ2v) is 6.94. The summed E-state index contributed by atoms with van der Waals surface area (Å²) in [7, 11) is 2.57. The van der Waals surface area contributed by atoms with Crippen LogP contribution in [0.5, 0.6) is 0 Å². The Morgan fingerprint density at radius 1 is 1.07 bits per heavy atom. The molecule has 0 saturated carbocycles. The fourth-order valence-corrected chi connectivity index (χ4v) is 3.41. The molecule has 9 heteroatoms. The molecule has 0 atom stereocenters. The Balaban J connectivity index is 1.64. The van der Waals surface area contributed by atoms with Gasteiger partial charge in [-0.05, 0) is 42.5 Å². The van der Waals surface area contributed by atoms with Crippen LogP contribution >= 0.6 is 12.2 Å². The Morgan fingerprint density at radius 3 is 2.21 bits per heavy atom. The molecule has 0 radical (unpaired) electrons. The zero-order valence-electron chi connectivity index (χ0n) is 16.3. The number of rotatable bonds is 5. The molecule has 0 spiro atoms. The van der Waals surface area contributed by atoms with Crippen molar-refractivity contribution in [3.8, 4) is 0 Å². The quantitative estimate of drug-likeness (QED) is 0.582. The largest absolute Gasteiger partial charge is 0.468 e. The maximum absolute atomic E-state index is 11.9. The van der Waals surface area contributed by atoms with Gasteiger partial charge < -0.3 is 24.1 Å². The Labute approximate surface area is 174 Å². The molecule has 29 heavy (non-hydrogen) atoms. The number of carbonyl (C=O) groups is 2. The van der Waals surface area contributed by atoms with Crippen LogP contribution in [0.15, 0.2) is 41.0 Å². The van der Waals surface area contributed by atoms with E-state index < -0.39 is 11.9 Å².